The monoisotopic (exact) mass is 202 g/mol. The summed E-state index contributed by atoms with van der Waals surface area (Å²) in [6, 6.07) is 1.21. The first-order valence-electron chi connectivity index (χ1n) is 4.40. The van der Waals surface area contributed by atoms with Gasteiger partial charge in [-0.05, 0) is 25.3 Å². The predicted molar refractivity (Wildman–Crippen MR) is 44.1 cm³/mol. The first kappa shape index (κ1) is 9.52. The highest BCUT2D eigenvalue weighted by molar-refractivity contribution is 5.27. The third-order valence-corrected chi connectivity index (χ3v) is 2.69. The van der Waals surface area contributed by atoms with Crippen LogP contribution in [0.25, 0.3) is 0 Å². The number of hydrogen-bond donors (Lipinski definition) is 1. The van der Waals surface area contributed by atoms with Gasteiger partial charge in [-0.3, -0.25) is 0 Å². The van der Waals surface area contributed by atoms with Crippen LogP contribution in [-0.4, -0.2) is 5.11 Å². The molecular formula is C10H9F3O. The molecule has 76 valence electrons. The Morgan fingerprint density at radius 2 is 1.57 bits per heavy atom. The lowest BCUT2D eigenvalue weighted by Crippen LogP contribution is -2.34. The van der Waals surface area contributed by atoms with E-state index in [2.05, 4.69) is 0 Å². The van der Waals surface area contributed by atoms with E-state index in [1.807, 2.05) is 0 Å². The Morgan fingerprint density at radius 3 is 2.07 bits per heavy atom. The minimum Gasteiger partial charge on any atom is -0.385 e. The van der Waals surface area contributed by atoms with Crippen LogP contribution < -0.4 is 0 Å². The summed E-state index contributed by atoms with van der Waals surface area (Å²) in [5.41, 5.74) is -1.43. The molecule has 1 saturated carbocycles. The van der Waals surface area contributed by atoms with E-state index in [1.54, 1.807) is 0 Å². The third-order valence-electron chi connectivity index (χ3n) is 2.69. The smallest absolute Gasteiger partial charge is 0.161 e. The van der Waals surface area contributed by atoms with E-state index in [-0.39, 0.29) is 5.56 Å². The lowest BCUT2D eigenvalue weighted by molar-refractivity contribution is -0.0420. The van der Waals surface area contributed by atoms with Crippen LogP contribution in [0.3, 0.4) is 0 Å². The molecule has 14 heavy (non-hydrogen) atoms. The standard InChI is InChI=1S/C10H9F3O/c11-7-5-9(13)8(12)4-6(7)10(14)2-1-3-10/h4-5,14H,1-3H2. The van der Waals surface area contributed by atoms with Gasteiger partial charge in [-0.25, -0.2) is 13.2 Å². The maximum atomic E-state index is 13.2. The minimum atomic E-state index is -1.29. The SMILES string of the molecule is OC1(c2cc(F)c(F)cc2F)CCC1. The summed E-state index contributed by atoms with van der Waals surface area (Å²) in [4.78, 5) is 0. The number of aliphatic hydroxyl groups is 1. The first-order chi connectivity index (χ1) is 6.53. The summed E-state index contributed by atoms with van der Waals surface area (Å²) in [6.45, 7) is 0. The van der Waals surface area contributed by atoms with Crippen LogP contribution in [-0.2, 0) is 5.60 Å². The van der Waals surface area contributed by atoms with Crippen molar-refractivity contribution in [1.82, 2.24) is 0 Å². The summed E-state index contributed by atoms with van der Waals surface area (Å²) in [7, 11) is 0. The second-order valence-electron chi connectivity index (χ2n) is 3.63. The Labute approximate surface area is 79.2 Å². The molecule has 4 heteroatoms. The van der Waals surface area contributed by atoms with Crippen molar-refractivity contribution >= 4 is 0 Å². The van der Waals surface area contributed by atoms with Gasteiger partial charge in [0, 0.05) is 11.6 Å². The first-order valence-corrected chi connectivity index (χ1v) is 4.40. The Balaban J connectivity index is 2.48. The van der Waals surface area contributed by atoms with Crippen molar-refractivity contribution in [3.05, 3.63) is 35.1 Å². The molecule has 0 bridgehead atoms. The molecule has 1 aliphatic carbocycles. The van der Waals surface area contributed by atoms with Gasteiger partial charge < -0.3 is 5.11 Å². The van der Waals surface area contributed by atoms with Crippen LogP contribution in [0.1, 0.15) is 24.8 Å². The second-order valence-corrected chi connectivity index (χ2v) is 3.63. The van der Waals surface area contributed by atoms with Crippen LogP contribution in [0.4, 0.5) is 13.2 Å². The predicted octanol–water partition coefficient (Wildman–Crippen LogP) is 2.48. The van der Waals surface area contributed by atoms with Crippen LogP contribution in [0.2, 0.25) is 0 Å². The number of halogens is 3. The van der Waals surface area contributed by atoms with E-state index in [1.165, 1.54) is 0 Å². The molecule has 1 N–H and O–H groups in total. The Hall–Kier alpha value is -1.03. The molecule has 2 rings (SSSR count). The molecule has 0 spiro atoms. The molecule has 0 aromatic heterocycles. The van der Waals surface area contributed by atoms with Crippen molar-refractivity contribution in [2.45, 2.75) is 24.9 Å². The fraction of sp³-hybridized carbons (Fsp3) is 0.400. The number of rotatable bonds is 1. The van der Waals surface area contributed by atoms with Crippen LogP contribution in [0.15, 0.2) is 12.1 Å². The third kappa shape index (κ3) is 1.30. The van der Waals surface area contributed by atoms with E-state index in [9.17, 15) is 18.3 Å². The van der Waals surface area contributed by atoms with Gasteiger partial charge in [0.2, 0.25) is 0 Å². The van der Waals surface area contributed by atoms with Crippen LogP contribution >= 0.6 is 0 Å². The van der Waals surface area contributed by atoms with Gasteiger partial charge in [0.1, 0.15) is 5.82 Å². The topological polar surface area (TPSA) is 20.2 Å². The Morgan fingerprint density at radius 1 is 1.00 bits per heavy atom. The van der Waals surface area contributed by atoms with Crippen LogP contribution in [0, 0.1) is 17.5 Å². The summed E-state index contributed by atoms with van der Waals surface area (Å²) in [5, 5.41) is 9.75. The summed E-state index contributed by atoms with van der Waals surface area (Å²) < 4.78 is 38.6. The molecule has 0 atom stereocenters. The highest BCUT2D eigenvalue weighted by Gasteiger charge is 2.39. The zero-order valence-electron chi connectivity index (χ0n) is 7.36. The zero-order chi connectivity index (χ0) is 10.3. The van der Waals surface area contributed by atoms with Crippen molar-refractivity contribution in [1.29, 1.82) is 0 Å². The van der Waals surface area contributed by atoms with E-state index >= 15 is 0 Å². The maximum Gasteiger partial charge on any atom is 0.161 e. The molecule has 0 aliphatic heterocycles. The van der Waals surface area contributed by atoms with Gasteiger partial charge in [0.25, 0.3) is 0 Å². The minimum absolute atomic E-state index is 0.136. The average molecular weight is 202 g/mol. The molecule has 0 amide bonds. The molecule has 1 nitrogen and oxygen atoms in total. The van der Waals surface area contributed by atoms with Crippen molar-refractivity contribution < 1.29 is 18.3 Å². The molecule has 1 aromatic carbocycles. The molecular weight excluding hydrogens is 193 g/mol. The lowest BCUT2D eigenvalue weighted by Gasteiger charge is -2.37. The number of hydrogen-bond acceptors (Lipinski definition) is 1. The van der Waals surface area contributed by atoms with Crippen LogP contribution in [0.5, 0.6) is 0 Å². The molecule has 0 unspecified atom stereocenters. The van der Waals surface area contributed by atoms with Crippen molar-refractivity contribution in [2.24, 2.45) is 0 Å². The van der Waals surface area contributed by atoms with E-state index < -0.39 is 23.1 Å². The molecule has 1 aliphatic rings. The normalized spacial score (nSPS) is 19.1. The molecule has 0 saturated heterocycles. The second kappa shape index (κ2) is 2.98. The highest BCUT2D eigenvalue weighted by atomic mass is 19.2. The van der Waals surface area contributed by atoms with Crippen molar-refractivity contribution in [2.75, 3.05) is 0 Å². The zero-order valence-corrected chi connectivity index (χ0v) is 7.36. The molecule has 0 heterocycles. The maximum absolute atomic E-state index is 13.2. The largest absolute Gasteiger partial charge is 0.385 e. The van der Waals surface area contributed by atoms with Gasteiger partial charge in [0.05, 0.1) is 5.60 Å². The van der Waals surface area contributed by atoms with Gasteiger partial charge in [0.15, 0.2) is 11.6 Å². The molecule has 1 aromatic rings. The van der Waals surface area contributed by atoms with Gasteiger partial charge >= 0.3 is 0 Å². The van der Waals surface area contributed by atoms with Gasteiger partial charge in [-0.15, -0.1) is 0 Å². The van der Waals surface area contributed by atoms with Crippen molar-refractivity contribution in [3.63, 3.8) is 0 Å². The quantitative estimate of drug-likeness (QED) is 0.693. The fourth-order valence-corrected chi connectivity index (χ4v) is 1.66. The van der Waals surface area contributed by atoms with E-state index in [0.29, 0.717) is 18.9 Å². The van der Waals surface area contributed by atoms with Gasteiger partial charge in [-0.2, -0.15) is 0 Å². The summed E-state index contributed by atoms with van der Waals surface area (Å²) in [5.74, 6) is -3.23. The summed E-state index contributed by atoms with van der Waals surface area (Å²) >= 11 is 0. The summed E-state index contributed by atoms with van der Waals surface area (Å²) in [6.07, 6.45) is 1.57. The van der Waals surface area contributed by atoms with E-state index in [0.717, 1.165) is 12.5 Å². The molecule has 1 fully saturated rings. The average Bonchev–Trinajstić information content (AvgIpc) is 2.07. The Kier molecular flexibility index (Phi) is 2.03. The fourth-order valence-electron chi connectivity index (χ4n) is 1.66. The number of benzene rings is 1. The molecule has 0 radical (unpaired) electrons. The van der Waals surface area contributed by atoms with Gasteiger partial charge in [-0.1, -0.05) is 0 Å². The van der Waals surface area contributed by atoms with E-state index in [4.69, 9.17) is 0 Å². The highest BCUT2D eigenvalue weighted by Crippen LogP contribution is 2.42. The lowest BCUT2D eigenvalue weighted by atomic mass is 9.75. The van der Waals surface area contributed by atoms with Crippen molar-refractivity contribution in [3.8, 4) is 0 Å². The Bertz CT molecular complexity index is 372.